The monoisotopic (exact) mass is 512 g/mol. The van der Waals surface area contributed by atoms with Crippen molar-refractivity contribution in [2.24, 2.45) is 0 Å². The Morgan fingerprint density at radius 1 is 0.974 bits per heavy atom. The van der Waals surface area contributed by atoms with Gasteiger partial charge in [-0.3, -0.25) is 19.5 Å². The van der Waals surface area contributed by atoms with E-state index in [0.717, 1.165) is 42.6 Å². The Bertz CT molecular complexity index is 1390. The number of rotatable bonds is 11. The fraction of sp³-hybridized carbons (Fsp3) is 0.323. The molecule has 4 rings (SSSR count). The van der Waals surface area contributed by atoms with Crippen LogP contribution in [0.3, 0.4) is 0 Å². The molecule has 1 N–H and O–H groups in total. The molecule has 4 aromatic rings. The molecular formula is C31H36N4O3. The predicted octanol–water partition coefficient (Wildman–Crippen LogP) is 4.90. The Kier molecular flexibility index (Phi) is 8.92. The molecule has 2 heterocycles. The van der Waals surface area contributed by atoms with Gasteiger partial charge in [0.25, 0.3) is 11.5 Å². The van der Waals surface area contributed by atoms with E-state index in [0.29, 0.717) is 18.7 Å². The lowest BCUT2D eigenvalue weighted by Crippen LogP contribution is -2.40. The van der Waals surface area contributed by atoms with E-state index in [1.165, 1.54) is 5.56 Å². The third kappa shape index (κ3) is 7.76. The first kappa shape index (κ1) is 27.1. The summed E-state index contributed by atoms with van der Waals surface area (Å²) >= 11 is 0. The number of pyridine rings is 2. The van der Waals surface area contributed by atoms with Crippen molar-refractivity contribution in [2.45, 2.75) is 45.8 Å². The highest BCUT2D eigenvalue weighted by Crippen LogP contribution is 2.14. The van der Waals surface area contributed by atoms with Crippen molar-refractivity contribution in [3.63, 3.8) is 0 Å². The molecular weight excluding hydrogens is 476 g/mol. The molecule has 7 heteroatoms. The molecule has 0 fully saturated rings. The van der Waals surface area contributed by atoms with Crippen LogP contribution >= 0.6 is 0 Å². The topological polar surface area (TPSA) is 76.5 Å². The third-order valence-electron chi connectivity index (χ3n) is 6.19. The van der Waals surface area contributed by atoms with Gasteiger partial charge < -0.3 is 14.6 Å². The van der Waals surface area contributed by atoms with E-state index < -0.39 is 0 Å². The highest BCUT2D eigenvalue weighted by Gasteiger charge is 2.15. The van der Waals surface area contributed by atoms with Crippen LogP contribution in [0.15, 0.2) is 90.1 Å². The van der Waals surface area contributed by atoms with E-state index in [1.54, 1.807) is 29.1 Å². The molecule has 0 aliphatic carbocycles. The maximum atomic E-state index is 12.9. The number of nitrogens with one attached hydrogen (secondary N) is 1. The minimum atomic E-state index is -0.281. The fourth-order valence-electron chi connectivity index (χ4n) is 4.26. The minimum Gasteiger partial charge on any atom is -0.494 e. The zero-order valence-electron chi connectivity index (χ0n) is 22.4. The number of nitrogens with zero attached hydrogens (tertiary/aromatic N) is 3. The van der Waals surface area contributed by atoms with Gasteiger partial charge in [-0.1, -0.05) is 18.2 Å². The maximum absolute atomic E-state index is 12.9. The molecule has 0 unspecified atom stereocenters. The summed E-state index contributed by atoms with van der Waals surface area (Å²) in [5.74, 6) is 0.641. The normalized spacial score (nSPS) is 11.6. The number of benzene rings is 2. The van der Waals surface area contributed by atoms with Gasteiger partial charge in [0.2, 0.25) is 0 Å². The highest BCUT2D eigenvalue weighted by molar-refractivity contribution is 5.94. The quantitative estimate of drug-likeness (QED) is 0.290. The Hall–Kier alpha value is -3.97. The van der Waals surface area contributed by atoms with Gasteiger partial charge >= 0.3 is 0 Å². The second-order valence-corrected chi connectivity index (χ2v) is 10.5. The molecule has 7 nitrogen and oxygen atoms in total. The number of fused-ring (bicyclic) bond motifs is 1. The van der Waals surface area contributed by atoms with Gasteiger partial charge in [0.05, 0.1) is 6.61 Å². The van der Waals surface area contributed by atoms with E-state index in [1.807, 2.05) is 81.6 Å². The van der Waals surface area contributed by atoms with Gasteiger partial charge in [-0.15, -0.1) is 0 Å². The summed E-state index contributed by atoms with van der Waals surface area (Å²) in [6.07, 6.45) is 6.31. The van der Waals surface area contributed by atoms with Gasteiger partial charge in [0, 0.05) is 61.3 Å². The molecule has 0 aliphatic rings. The standard InChI is InChI=1S/C31H36N4O3/c1-31(2,3)33-29(36)26-9-11-27(12-10-26)38-22-6-18-34(23-24-13-16-32-17-14-24)20-21-35-19-15-25-7-4-5-8-28(25)30(35)37/h4-5,7-17,19H,6,18,20-23H2,1-3H3,(H,33,36). The smallest absolute Gasteiger partial charge is 0.258 e. The Balaban J connectivity index is 1.33. The molecule has 0 saturated heterocycles. The van der Waals surface area contributed by atoms with Crippen LogP contribution in [0.2, 0.25) is 0 Å². The molecule has 0 atom stereocenters. The lowest BCUT2D eigenvalue weighted by molar-refractivity contribution is 0.0919. The Labute approximate surface area is 224 Å². The van der Waals surface area contributed by atoms with E-state index >= 15 is 0 Å². The van der Waals surface area contributed by atoms with Crippen molar-refractivity contribution in [3.05, 3.63) is 107 Å². The van der Waals surface area contributed by atoms with E-state index in [4.69, 9.17) is 4.74 Å². The summed E-state index contributed by atoms with van der Waals surface area (Å²) in [6.45, 7) is 9.35. The van der Waals surface area contributed by atoms with Crippen molar-refractivity contribution >= 4 is 16.7 Å². The molecule has 0 radical (unpaired) electrons. The predicted molar refractivity (Wildman–Crippen MR) is 151 cm³/mol. The maximum Gasteiger partial charge on any atom is 0.258 e. The van der Waals surface area contributed by atoms with Gasteiger partial charge in [-0.2, -0.15) is 0 Å². The van der Waals surface area contributed by atoms with Crippen LogP contribution in [-0.4, -0.2) is 45.6 Å². The van der Waals surface area contributed by atoms with Crippen LogP contribution < -0.4 is 15.6 Å². The highest BCUT2D eigenvalue weighted by atomic mass is 16.5. The number of ether oxygens (including phenoxy) is 1. The molecule has 198 valence electrons. The molecule has 0 saturated carbocycles. The first-order chi connectivity index (χ1) is 18.3. The van der Waals surface area contributed by atoms with Crippen molar-refractivity contribution in [2.75, 3.05) is 19.7 Å². The molecule has 0 bridgehead atoms. The SMILES string of the molecule is CC(C)(C)NC(=O)c1ccc(OCCCN(CCn2ccc3ccccc3c2=O)Cc2ccncc2)cc1. The minimum absolute atomic E-state index is 0.0370. The molecule has 2 aromatic heterocycles. The van der Waals surface area contributed by atoms with Crippen LogP contribution in [0.4, 0.5) is 0 Å². The van der Waals surface area contributed by atoms with Crippen molar-refractivity contribution in [3.8, 4) is 5.75 Å². The lowest BCUT2D eigenvalue weighted by atomic mass is 10.1. The van der Waals surface area contributed by atoms with Crippen LogP contribution in [-0.2, 0) is 13.1 Å². The summed E-state index contributed by atoms with van der Waals surface area (Å²) in [7, 11) is 0. The number of aromatic nitrogens is 2. The fourth-order valence-corrected chi connectivity index (χ4v) is 4.26. The largest absolute Gasteiger partial charge is 0.494 e. The molecule has 0 aliphatic heterocycles. The first-order valence-electron chi connectivity index (χ1n) is 13.0. The van der Waals surface area contributed by atoms with Gasteiger partial charge in [-0.05, 0) is 86.7 Å². The lowest BCUT2D eigenvalue weighted by Gasteiger charge is -2.23. The Morgan fingerprint density at radius 2 is 1.71 bits per heavy atom. The van der Waals surface area contributed by atoms with E-state index in [9.17, 15) is 9.59 Å². The van der Waals surface area contributed by atoms with Gasteiger partial charge in [0.15, 0.2) is 0 Å². The summed E-state index contributed by atoms with van der Waals surface area (Å²) < 4.78 is 7.74. The zero-order chi connectivity index (χ0) is 27.0. The zero-order valence-corrected chi connectivity index (χ0v) is 22.4. The van der Waals surface area contributed by atoms with Crippen LogP contribution in [0.25, 0.3) is 10.8 Å². The van der Waals surface area contributed by atoms with Crippen molar-refractivity contribution in [1.82, 2.24) is 19.8 Å². The number of hydrogen-bond acceptors (Lipinski definition) is 5. The number of amides is 1. The molecule has 0 spiro atoms. The summed E-state index contributed by atoms with van der Waals surface area (Å²) in [5.41, 5.74) is 1.54. The van der Waals surface area contributed by atoms with E-state index in [2.05, 4.69) is 15.2 Å². The summed E-state index contributed by atoms with van der Waals surface area (Å²) in [5, 5.41) is 4.67. The second kappa shape index (κ2) is 12.5. The van der Waals surface area contributed by atoms with Crippen LogP contribution in [0, 0.1) is 0 Å². The Morgan fingerprint density at radius 3 is 2.45 bits per heavy atom. The molecule has 38 heavy (non-hydrogen) atoms. The van der Waals surface area contributed by atoms with Crippen LogP contribution in [0.1, 0.15) is 43.1 Å². The summed E-state index contributed by atoms with van der Waals surface area (Å²) in [6, 6.07) is 21.0. The van der Waals surface area contributed by atoms with E-state index in [-0.39, 0.29) is 17.0 Å². The van der Waals surface area contributed by atoms with Crippen molar-refractivity contribution < 1.29 is 9.53 Å². The third-order valence-corrected chi connectivity index (χ3v) is 6.19. The molecule has 1 amide bonds. The number of carbonyl (C=O) groups excluding carboxylic acids is 1. The average Bonchev–Trinajstić information content (AvgIpc) is 2.90. The van der Waals surface area contributed by atoms with Gasteiger partial charge in [-0.25, -0.2) is 0 Å². The number of carbonyl (C=O) groups is 1. The molecule has 2 aromatic carbocycles. The van der Waals surface area contributed by atoms with Crippen LogP contribution in [0.5, 0.6) is 5.75 Å². The van der Waals surface area contributed by atoms with Crippen molar-refractivity contribution in [1.29, 1.82) is 0 Å². The average molecular weight is 513 g/mol. The summed E-state index contributed by atoms with van der Waals surface area (Å²) in [4.78, 5) is 31.7. The number of hydrogen-bond donors (Lipinski definition) is 1. The van der Waals surface area contributed by atoms with Gasteiger partial charge in [0.1, 0.15) is 5.75 Å². The first-order valence-corrected chi connectivity index (χ1v) is 13.0. The second-order valence-electron chi connectivity index (χ2n) is 10.5.